The quantitative estimate of drug-likeness (QED) is 0.840. The van der Waals surface area contributed by atoms with Crippen LogP contribution in [0.5, 0.6) is 0 Å². The molecule has 3 nitrogen and oxygen atoms in total. The van der Waals surface area contributed by atoms with Gasteiger partial charge in [0.05, 0.1) is 7.11 Å². The van der Waals surface area contributed by atoms with Crippen molar-refractivity contribution in [2.75, 3.05) is 19.5 Å². The van der Waals surface area contributed by atoms with Gasteiger partial charge in [0.15, 0.2) is 0 Å². The van der Waals surface area contributed by atoms with Gasteiger partial charge >= 0.3 is 5.97 Å². The lowest BCUT2D eigenvalue weighted by molar-refractivity contribution is 0.0606. The first-order valence-corrected chi connectivity index (χ1v) is 5.36. The topological polar surface area (TPSA) is 38.3 Å². The number of fused-ring (bicyclic) bond motifs is 1. The second-order valence-corrected chi connectivity index (χ2v) is 4.19. The van der Waals surface area contributed by atoms with Crippen molar-refractivity contribution < 1.29 is 9.53 Å². The summed E-state index contributed by atoms with van der Waals surface area (Å²) in [6.07, 6.45) is 0. The molecular weight excluding hydrogens is 246 g/mol. The number of ether oxygens (including phenoxy) is 1. The van der Waals surface area contributed by atoms with Gasteiger partial charge < -0.3 is 10.1 Å². The summed E-state index contributed by atoms with van der Waals surface area (Å²) < 4.78 is 5.76. The number of rotatable bonds is 2. The highest BCUT2D eigenvalue weighted by Crippen LogP contribution is 2.28. The molecule has 0 aliphatic carbocycles. The highest BCUT2D eigenvalue weighted by Gasteiger charge is 2.09. The molecule has 0 aliphatic rings. The average Bonchev–Trinajstić information content (AvgIpc) is 2.70. The number of halogens is 1. The predicted molar refractivity (Wildman–Crippen MR) is 70.0 cm³/mol. The van der Waals surface area contributed by atoms with Gasteiger partial charge in [-0.3, -0.25) is 0 Å². The zero-order valence-electron chi connectivity index (χ0n) is 8.94. The van der Waals surface area contributed by atoms with E-state index in [9.17, 15) is 4.79 Å². The molecule has 86 valence electrons. The molecule has 0 aliphatic heterocycles. The van der Waals surface area contributed by atoms with Crippen LogP contribution in [0.4, 0.5) is 5.69 Å². The lowest BCUT2D eigenvalue weighted by Gasteiger charge is -1.97. The fraction of sp³-hybridized carbons (Fsp3) is 0.182. The molecule has 0 unspecified atom stereocenters. The van der Waals surface area contributed by atoms with Crippen LogP contribution >= 0.6 is 23.7 Å². The summed E-state index contributed by atoms with van der Waals surface area (Å²) in [6, 6.07) is 7.85. The van der Waals surface area contributed by atoms with Crippen LogP contribution in [-0.4, -0.2) is 20.1 Å². The molecule has 1 aromatic heterocycles. The van der Waals surface area contributed by atoms with Crippen LogP contribution in [0.3, 0.4) is 0 Å². The van der Waals surface area contributed by atoms with Crippen LogP contribution in [-0.2, 0) is 4.74 Å². The van der Waals surface area contributed by atoms with E-state index >= 15 is 0 Å². The number of hydrogen-bond acceptors (Lipinski definition) is 4. The molecule has 0 saturated carbocycles. The number of carbonyl (C=O) groups is 1. The van der Waals surface area contributed by atoms with Crippen molar-refractivity contribution in [3.05, 3.63) is 29.1 Å². The summed E-state index contributed by atoms with van der Waals surface area (Å²) in [5.74, 6) is -0.276. The molecule has 0 spiro atoms. The first kappa shape index (κ1) is 12.8. The summed E-state index contributed by atoms with van der Waals surface area (Å²) in [5.41, 5.74) is 1.04. The van der Waals surface area contributed by atoms with Gasteiger partial charge in [-0.1, -0.05) is 6.07 Å². The average molecular weight is 258 g/mol. The number of nitrogens with one attached hydrogen (secondary N) is 1. The summed E-state index contributed by atoms with van der Waals surface area (Å²) in [4.78, 5) is 11.9. The number of esters is 1. The maximum absolute atomic E-state index is 11.3. The smallest absolute Gasteiger partial charge is 0.348 e. The number of thiophene rings is 1. The molecule has 5 heteroatoms. The van der Waals surface area contributed by atoms with Crippen LogP contribution in [0, 0.1) is 0 Å². The number of benzene rings is 1. The van der Waals surface area contributed by atoms with E-state index in [0.29, 0.717) is 4.88 Å². The van der Waals surface area contributed by atoms with Gasteiger partial charge in [-0.15, -0.1) is 23.7 Å². The summed E-state index contributed by atoms with van der Waals surface area (Å²) >= 11 is 1.44. The normalized spacial score (nSPS) is 9.62. The minimum absolute atomic E-state index is 0. The van der Waals surface area contributed by atoms with Gasteiger partial charge in [-0.25, -0.2) is 4.79 Å². The second kappa shape index (κ2) is 5.18. The number of hydrogen-bond donors (Lipinski definition) is 1. The Labute approximate surface area is 104 Å². The Morgan fingerprint density at radius 2 is 2.12 bits per heavy atom. The van der Waals surface area contributed by atoms with E-state index in [1.165, 1.54) is 18.4 Å². The Balaban J connectivity index is 0.00000128. The molecule has 0 bridgehead atoms. The molecule has 0 atom stereocenters. The van der Waals surface area contributed by atoms with Crippen LogP contribution < -0.4 is 5.32 Å². The van der Waals surface area contributed by atoms with Crippen LogP contribution in [0.1, 0.15) is 9.67 Å². The summed E-state index contributed by atoms with van der Waals surface area (Å²) in [7, 11) is 3.27. The zero-order valence-corrected chi connectivity index (χ0v) is 10.6. The number of methoxy groups -OCH3 is 1. The van der Waals surface area contributed by atoms with Crippen LogP contribution in [0.15, 0.2) is 24.3 Å². The maximum Gasteiger partial charge on any atom is 0.348 e. The van der Waals surface area contributed by atoms with Crippen molar-refractivity contribution in [1.82, 2.24) is 0 Å². The van der Waals surface area contributed by atoms with Crippen molar-refractivity contribution >= 4 is 45.5 Å². The molecule has 1 heterocycles. The molecule has 1 aromatic carbocycles. The van der Waals surface area contributed by atoms with Crippen molar-refractivity contribution in [2.24, 2.45) is 0 Å². The SMILES string of the molecule is CNc1ccc2cc(C(=O)OC)sc2c1.Cl. The molecule has 1 N–H and O–H groups in total. The summed E-state index contributed by atoms with van der Waals surface area (Å²) in [5, 5.41) is 4.13. The monoisotopic (exact) mass is 257 g/mol. The molecule has 0 radical (unpaired) electrons. The number of anilines is 1. The van der Waals surface area contributed by atoms with Crippen molar-refractivity contribution in [1.29, 1.82) is 0 Å². The summed E-state index contributed by atoms with van der Waals surface area (Å²) in [6.45, 7) is 0. The Morgan fingerprint density at radius 3 is 2.75 bits per heavy atom. The van der Waals surface area contributed by atoms with Crippen molar-refractivity contribution in [3.63, 3.8) is 0 Å². The lowest BCUT2D eigenvalue weighted by atomic mass is 10.2. The highest BCUT2D eigenvalue weighted by molar-refractivity contribution is 7.20. The Hall–Kier alpha value is -1.26. The Bertz CT molecular complexity index is 510. The second-order valence-electron chi connectivity index (χ2n) is 3.10. The van der Waals surface area contributed by atoms with E-state index in [1.807, 2.05) is 31.3 Å². The zero-order chi connectivity index (χ0) is 10.8. The standard InChI is InChI=1S/C11H11NO2S.ClH/c1-12-8-4-3-7-5-10(11(13)14-2)15-9(7)6-8;/h3-6,12H,1-2H3;1H. The largest absolute Gasteiger partial charge is 0.465 e. The van der Waals surface area contributed by atoms with Crippen LogP contribution in [0.2, 0.25) is 0 Å². The molecule has 2 aromatic rings. The molecule has 2 rings (SSSR count). The minimum atomic E-state index is -0.276. The third-order valence-corrected chi connectivity index (χ3v) is 3.27. The molecule has 0 fully saturated rings. The van der Waals surface area contributed by atoms with Gasteiger partial charge in [0, 0.05) is 17.4 Å². The van der Waals surface area contributed by atoms with E-state index in [2.05, 4.69) is 10.1 Å². The fourth-order valence-electron chi connectivity index (χ4n) is 1.39. The number of carbonyl (C=O) groups excluding carboxylic acids is 1. The van der Waals surface area contributed by atoms with E-state index < -0.39 is 0 Å². The maximum atomic E-state index is 11.3. The highest BCUT2D eigenvalue weighted by atomic mass is 35.5. The molecule has 0 amide bonds. The van der Waals surface area contributed by atoms with E-state index in [4.69, 9.17) is 0 Å². The van der Waals surface area contributed by atoms with Crippen LogP contribution in [0.25, 0.3) is 10.1 Å². The Kier molecular flexibility index (Phi) is 4.15. The van der Waals surface area contributed by atoms with Crippen molar-refractivity contribution in [3.8, 4) is 0 Å². The molecular formula is C11H12ClNO2S. The van der Waals surface area contributed by atoms with Crippen molar-refractivity contribution in [2.45, 2.75) is 0 Å². The van der Waals surface area contributed by atoms with Gasteiger partial charge in [0.1, 0.15) is 4.88 Å². The van der Waals surface area contributed by atoms with Gasteiger partial charge in [0.2, 0.25) is 0 Å². The Morgan fingerprint density at radius 1 is 1.38 bits per heavy atom. The third kappa shape index (κ3) is 2.28. The van der Waals surface area contributed by atoms with E-state index in [-0.39, 0.29) is 18.4 Å². The predicted octanol–water partition coefficient (Wildman–Crippen LogP) is 3.15. The van der Waals surface area contributed by atoms with Gasteiger partial charge in [-0.2, -0.15) is 0 Å². The van der Waals surface area contributed by atoms with Gasteiger partial charge in [-0.05, 0) is 23.6 Å². The molecule has 16 heavy (non-hydrogen) atoms. The lowest BCUT2D eigenvalue weighted by Crippen LogP contribution is -1.96. The minimum Gasteiger partial charge on any atom is -0.465 e. The van der Waals surface area contributed by atoms with E-state index in [1.54, 1.807) is 0 Å². The first-order valence-electron chi connectivity index (χ1n) is 4.54. The van der Waals surface area contributed by atoms with E-state index in [0.717, 1.165) is 15.8 Å². The molecule has 0 saturated heterocycles. The van der Waals surface area contributed by atoms with Gasteiger partial charge in [0.25, 0.3) is 0 Å². The first-order chi connectivity index (χ1) is 7.24. The fourth-order valence-corrected chi connectivity index (χ4v) is 2.41. The third-order valence-electron chi connectivity index (χ3n) is 2.20.